The Balaban J connectivity index is 1.21. The summed E-state index contributed by atoms with van der Waals surface area (Å²) in [6, 6.07) is 23.6. The molecule has 1 aliphatic rings. The number of fused-ring (bicyclic) bond motifs is 3. The van der Waals surface area contributed by atoms with E-state index < -0.39 is 18.5 Å². The number of anilines is 1. The molecule has 8 heteroatoms. The number of benzene rings is 3. The number of pyridine rings is 1. The van der Waals surface area contributed by atoms with E-state index in [9.17, 15) is 9.59 Å². The summed E-state index contributed by atoms with van der Waals surface area (Å²) in [4.78, 5) is 35.6. The smallest absolute Gasteiger partial charge is 0.339 e. The molecule has 0 saturated carbocycles. The van der Waals surface area contributed by atoms with Gasteiger partial charge in [0.25, 0.3) is 5.91 Å². The molecule has 0 bridgehead atoms. The second kappa shape index (κ2) is 10.8. The average Bonchev–Trinajstić information content (AvgIpc) is 3.36. The van der Waals surface area contributed by atoms with Gasteiger partial charge < -0.3 is 9.47 Å². The van der Waals surface area contributed by atoms with E-state index in [1.54, 1.807) is 0 Å². The van der Waals surface area contributed by atoms with Gasteiger partial charge in [0, 0.05) is 11.1 Å². The third-order valence-corrected chi connectivity index (χ3v) is 7.92. The SMILES string of the molecule is CCOc1ccc2nc(NC(=O)COC(=O)c3c4c(nc5ccccc35)CCC(c3ccccc3)C4)sc2c1. The number of aryl methyl sites for hydroxylation is 1. The van der Waals surface area contributed by atoms with Crippen LogP contribution in [0.15, 0.2) is 72.8 Å². The van der Waals surface area contributed by atoms with Gasteiger partial charge in [-0.25, -0.2) is 9.78 Å². The number of amides is 1. The molecule has 39 heavy (non-hydrogen) atoms. The van der Waals surface area contributed by atoms with Crippen LogP contribution in [0.25, 0.3) is 21.1 Å². The van der Waals surface area contributed by atoms with Crippen molar-refractivity contribution in [3.05, 3.63) is 95.2 Å². The highest BCUT2D eigenvalue weighted by Crippen LogP contribution is 2.36. The van der Waals surface area contributed by atoms with Crippen LogP contribution in [0, 0.1) is 0 Å². The number of para-hydroxylation sites is 1. The van der Waals surface area contributed by atoms with E-state index in [1.807, 2.05) is 67.6 Å². The minimum atomic E-state index is -0.514. The monoisotopic (exact) mass is 537 g/mol. The van der Waals surface area contributed by atoms with Gasteiger partial charge in [-0.15, -0.1) is 0 Å². The molecule has 2 aromatic heterocycles. The van der Waals surface area contributed by atoms with Crippen molar-refractivity contribution >= 4 is 49.5 Å². The molecule has 5 aromatic rings. The van der Waals surface area contributed by atoms with Crippen molar-refractivity contribution in [3.63, 3.8) is 0 Å². The fourth-order valence-electron chi connectivity index (χ4n) is 5.20. The molecule has 1 N–H and O–H groups in total. The molecular formula is C31H27N3O4S. The van der Waals surface area contributed by atoms with E-state index >= 15 is 0 Å². The van der Waals surface area contributed by atoms with Crippen LogP contribution in [0.4, 0.5) is 5.13 Å². The highest BCUT2D eigenvalue weighted by molar-refractivity contribution is 7.22. The summed E-state index contributed by atoms with van der Waals surface area (Å²) in [6.45, 7) is 2.09. The van der Waals surface area contributed by atoms with Crippen LogP contribution in [0.2, 0.25) is 0 Å². The largest absolute Gasteiger partial charge is 0.494 e. The first-order valence-electron chi connectivity index (χ1n) is 13.0. The van der Waals surface area contributed by atoms with Gasteiger partial charge in [-0.2, -0.15) is 0 Å². The Morgan fingerprint density at radius 3 is 2.67 bits per heavy atom. The Labute approximate surface area is 229 Å². The number of hydrogen-bond acceptors (Lipinski definition) is 7. The van der Waals surface area contributed by atoms with Crippen molar-refractivity contribution in [2.24, 2.45) is 0 Å². The number of hydrogen-bond donors (Lipinski definition) is 1. The van der Waals surface area contributed by atoms with Crippen molar-refractivity contribution in [2.45, 2.75) is 32.1 Å². The lowest BCUT2D eigenvalue weighted by atomic mass is 9.80. The number of ether oxygens (including phenoxy) is 2. The maximum Gasteiger partial charge on any atom is 0.339 e. The third kappa shape index (κ3) is 5.20. The number of nitrogens with one attached hydrogen (secondary N) is 1. The van der Waals surface area contributed by atoms with Crippen LogP contribution in [0.5, 0.6) is 5.75 Å². The zero-order valence-electron chi connectivity index (χ0n) is 21.5. The fraction of sp³-hybridized carbons (Fsp3) is 0.226. The van der Waals surface area contributed by atoms with Gasteiger partial charge in [0.2, 0.25) is 0 Å². The van der Waals surface area contributed by atoms with E-state index in [0.717, 1.165) is 51.0 Å². The van der Waals surface area contributed by atoms with E-state index in [1.165, 1.54) is 16.9 Å². The zero-order valence-corrected chi connectivity index (χ0v) is 22.3. The first kappa shape index (κ1) is 25.0. The summed E-state index contributed by atoms with van der Waals surface area (Å²) in [5.41, 5.74) is 5.12. The molecule has 2 heterocycles. The minimum absolute atomic E-state index is 0.291. The van der Waals surface area contributed by atoms with Gasteiger partial charge in [0.15, 0.2) is 11.7 Å². The molecular weight excluding hydrogens is 510 g/mol. The predicted octanol–water partition coefficient (Wildman–Crippen LogP) is 6.31. The van der Waals surface area contributed by atoms with Gasteiger partial charge in [-0.1, -0.05) is 59.9 Å². The van der Waals surface area contributed by atoms with Gasteiger partial charge in [-0.05, 0) is 67.5 Å². The lowest BCUT2D eigenvalue weighted by molar-refractivity contribution is -0.119. The molecule has 1 amide bonds. The molecule has 196 valence electrons. The van der Waals surface area contributed by atoms with Crippen LogP contribution in [0.3, 0.4) is 0 Å². The minimum Gasteiger partial charge on any atom is -0.494 e. The number of thiazole rings is 1. The zero-order chi connectivity index (χ0) is 26.8. The fourth-order valence-corrected chi connectivity index (χ4v) is 6.12. The molecule has 0 aliphatic heterocycles. The third-order valence-electron chi connectivity index (χ3n) is 6.99. The van der Waals surface area contributed by atoms with E-state index in [-0.39, 0.29) is 0 Å². The van der Waals surface area contributed by atoms with E-state index in [4.69, 9.17) is 14.5 Å². The van der Waals surface area contributed by atoms with Crippen molar-refractivity contribution < 1.29 is 19.1 Å². The molecule has 1 aliphatic carbocycles. The molecule has 1 atom stereocenters. The summed E-state index contributed by atoms with van der Waals surface area (Å²) in [6.07, 6.45) is 2.44. The Hall–Kier alpha value is -4.30. The average molecular weight is 538 g/mol. The molecule has 0 radical (unpaired) electrons. The Morgan fingerprint density at radius 1 is 1.00 bits per heavy atom. The molecule has 0 spiro atoms. The van der Waals surface area contributed by atoms with Gasteiger partial charge in [0.05, 0.1) is 27.9 Å². The molecule has 7 nitrogen and oxygen atoms in total. The highest BCUT2D eigenvalue weighted by atomic mass is 32.1. The normalized spacial score (nSPS) is 14.6. The first-order chi connectivity index (χ1) is 19.1. The number of carbonyl (C=O) groups is 2. The second-order valence-electron chi connectivity index (χ2n) is 9.49. The van der Waals surface area contributed by atoms with Crippen LogP contribution < -0.4 is 10.1 Å². The summed E-state index contributed by atoms with van der Waals surface area (Å²) in [5, 5.41) is 3.94. The number of esters is 1. The van der Waals surface area contributed by atoms with Gasteiger partial charge >= 0.3 is 5.97 Å². The lowest BCUT2D eigenvalue weighted by Gasteiger charge is -2.26. The molecule has 6 rings (SSSR count). The van der Waals surface area contributed by atoms with Crippen molar-refractivity contribution in [1.82, 2.24) is 9.97 Å². The van der Waals surface area contributed by atoms with Crippen LogP contribution in [0.1, 0.15) is 46.4 Å². The first-order valence-corrected chi connectivity index (χ1v) is 13.9. The Kier molecular flexibility index (Phi) is 6.94. The Morgan fingerprint density at radius 2 is 1.82 bits per heavy atom. The van der Waals surface area contributed by atoms with Gasteiger partial charge in [0.1, 0.15) is 5.75 Å². The van der Waals surface area contributed by atoms with Crippen LogP contribution in [-0.4, -0.2) is 35.1 Å². The van der Waals surface area contributed by atoms with E-state index in [2.05, 4.69) is 22.4 Å². The van der Waals surface area contributed by atoms with Crippen LogP contribution >= 0.6 is 11.3 Å². The molecule has 0 saturated heterocycles. The number of aromatic nitrogens is 2. The number of nitrogens with zero attached hydrogens (tertiary/aromatic N) is 2. The number of rotatable bonds is 7. The highest BCUT2D eigenvalue weighted by Gasteiger charge is 2.28. The molecule has 3 aromatic carbocycles. The molecule has 1 unspecified atom stereocenters. The summed E-state index contributed by atoms with van der Waals surface area (Å²) in [7, 11) is 0. The summed E-state index contributed by atoms with van der Waals surface area (Å²) in [5.74, 6) is 0.0860. The van der Waals surface area contributed by atoms with Crippen molar-refractivity contribution in [3.8, 4) is 5.75 Å². The summed E-state index contributed by atoms with van der Waals surface area (Å²) < 4.78 is 12.0. The quantitative estimate of drug-likeness (QED) is 0.245. The second-order valence-corrected chi connectivity index (χ2v) is 10.5. The van der Waals surface area contributed by atoms with Crippen LogP contribution in [-0.2, 0) is 22.4 Å². The number of carbonyl (C=O) groups excluding carboxylic acids is 2. The maximum absolute atomic E-state index is 13.5. The van der Waals surface area contributed by atoms with E-state index in [0.29, 0.717) is 29.6 Å². The van der Waals surface area contributed by atoms with Gasteiger partial charge in [-0.3, -0.25) is 15.1 Å². The van der Waals surface area contributed by atoms with Crippen molar-refractivity contribution in [2.75, 3.05) is 18.5 Å². The summed E-state index contributed by atoms with van der Waals surface area (Å²) >= 11 is 1.34. The Bertz CT molecular complexity index is 1680. The topological polar surface area (TPSA) is 90.4 Å². The standard InChI is InChI=1S/C31H27N3O4S/c1-2-37-21-13-15-26-27(17-21)39-31(33-26)34-28(35)18-38-30(36)29-22-10-6-7-11-24(22)32-25-14-12-20(16-23(25)29)19-8-4-3-5-9-19/h3-11,13,15,17,20H,2,12,14,16,18H2,1H3,(H,33,34,35). The molecule has 0 fully saturated rings. The maximum atomic E-state index is 13.5. The van der Waals surface area contributed by atoms with Crippen molar-refractivity contribution in [1.29, 1.82) is 0 Å². The predicted molar refractivity (Wildman–Crippen MR) is 153 cm³/mol. The lowest BCUT2D eigenvalue weighted by Crippen LogP contribution is -2.23.